The molecule has 0 aromatic carbocycles. The second-order valence-corrected chi connectivity index (χ2v) is 1.58. The predicted molar refractivity (Wildman–Crippen MR) is 28.6 cm³/mol. The summed E-state index contributed by atoms with van der Waals surface area (Å²) in [5.41, 5.74) is 0. The average Bonchev–Trinajstić information content (AvgIpc) is 1.65. The van der Waals surface area contributed by atoms with Crippen LogP contribution >= 0.6 is 12.6 Å². The first-order valence-corrected chi connectivity index (χ1v) is 2.45. The fourth-order valence-corrected chi connectivity index (χ4v) is 0.122. The minimum atomic E-state index is 0.105. The Balaban J connectivity index is 3.04. The molecule has 1 nitrogen and oxygen atoms in total. The fraction of sp³-hybridized carbons (Fsp3) is 0.750. The minimum Gasteiger partial charge on any atom is -0.198 e. The molecule has 0 rings (SSSR count). The molecular weight excluding hydrogens is 94.1 g/mol. The molecule has 34 valence electrons. The summed E-state index contributed by atoms with van der Waals surface area (Å²) in [5.74, 6) is 0.768. The van der Waals surface area contributed by atoms with Crippen molar-refractivity contribution in [1.29, 1.82) is 5.26 Å². The van der Waals surface area contributed by atoms with Crippen molar-refractivity contribution in [2.45, 2.75) is 6.92 Å². The van der Waals surface area contributed by atoms with Gasteiger partial charge in [0, 0.05) is 5.75 Å². The Morgan fingerprint density at radius 1 is 2.00 bits per heavy atom. The van der Waals surface area contributed by atoms with Crippen LogP contribution in [-0.2, 0) is 0 Å². The third-order valence-electron chi connectivity index (χ3n) is 0.494. The second-order valence-electron chi connectivity index (χ2n) is 1.21. The van der Waals surface area contributed by atoms with Gasteiger partial charge in [-0.15, -0.1) is 0 Å². The van der Waals surface area contributed by atoms with E-state index in [0.29, 0.717) is 5.75 Å². The Bertz CT molecular complexity index is 64.4. The maximum absolute atomic E-state index is 8.04. The lowest BCUT2D eigenvalue weighted by atomic mass is 10.3. The van der Waals surface area contributed by atoms with Crippen molar-refractivity contribution in [3.63, 3.8) is 0 Å². The molecular formula is C4H7NS. The van der Waals surface area contributed by atoms with Gasteiger partial charge in [0.05, 0.1) is 12.0 Å². The molecule has 0 aliphatic carbocycles. The monoisotopic (exact) mass is 101 g/mol. The topological polar surface area (TPSA) is 23.8 Å². The van der Waals surface area contributed by atoms with Crippen LogP contribution in [0.25, 0.3) is 0 Å². The van der Waals surface area contributed by atoms with Crippen LogP contribution in [0.2, 0.25) is 0 Å². The van der Waals surface area contributed by atoms with E-state index in [1.807, 2.05) is 13.0 Å². The zero-order chi connectivity index (χ0) is 4.99. The van der Waals surface area contributed by atoms with Crippen molar-refractivity contribution in [3.05, 3.63) is 0 Å². The van der Waals surface area contributed by atoms with Crippen molar-refractivity contribution in [3.8, 4) is 6.07 Å². The van der Waals surface area contributed by atoms with Crippen LogP contribution in [0.3, 0.4) is 0 Å². The Kier molecular flexibility index (Phi) is 2.97. The largest absolute Gasteiger partial charge is 0.198 e. The van der Waals surface area contributed by atoms with Gasteiger partial charge in [-0.2, -0.15) is 17.9 Å². The van der Waals surface area contributed by atoms with E-state index < -0.39 is 0 Å². The molecule has 6 heavy (non-hydrogen) atoms. The van der Waals surface area contributed by atoms with E-state index in [0.717, 1.165) is 0 Å². The minimum absolute atomic E-state index is 0.105. The molecule has 1 atom stereocenters. The highest BCUT2D eigenvalue weighted by Gasteiger charge is 1.89. The SMILES string of the molecule is CC(C#N)CS. The van der Waals surface area contributed by atoms with E-state index in [4.69, 9.17) is 5.26 Å². The molecule has 0 aliphatic rings. The molecule has 0 bridgehead atoms. The Morgan fingerprint density at radius 3 is 2.50 bits per heavy atom. The van der Waals surface area contributed by atoms with Gasteiger partial charge in [-0.25, -0.2) is 0 Å². The van der Waals surface area contributed by atoms with Crippen molar-refractivity contribution >= 4 is 12.6 Å². The third kappa shape index (κ3) is 2.10. The maximum Gasteiger partial charge on any atom is 0.0661 e. The summed E-state index contributed by atoms with van der Waals surface area (Å²) in [4.78, 5) is 0. The van der Waals surface area contributed by atoms with Gasteiger partial charge >= 0.3 is 0 Å². The normalized spacial score (nSPS) is 12.8. The highest BCUT2D eigenvalue weighted by molar-refractivity contribution is 7.80. The van der Waals surface area contributed by atoms with Crippen molar-refractivity contribution < 1.29 is 0 Å². The molecule has 0 heterocycles. The van der Waals surface area contributed by atoms with E-state index in [1.54, 1.807) is 0 Å². The molecule has 0 amide bonds. The van der Waals surface area contributed by atoms with E-state index in [-0.39, 0.29) is 5.92 Å². The van der Waals surface area contributed by atoms with Crippen molar-refractivity contribution in [1.82, 2.24) is 0 Å². The number of hydrogen-bond acceptors (Lipinski definition) is 2. The number of thiol groups is 1. The van der Waals surface area contributed by atoms with Gasteiger partial charge in [0.25, 0.3) is 0 Å². The number of nitriles is 1. The Labute approximate surface area is 43.4 Å². The van der Waals surface area contributed by atoms with Crippen molar-refractivity contribution in [2.24, 2.45) is 5.92 Å². The molecule has 0 saturated heterocycles. The van der Waals surface area contributed by atoms with Gasteiger partial charge in [0.1, 0.15) is 0 Å². The van der Waals surface area contributed by atoms with Crippen LogP contribution < -0.4 is 0 Å². The average molecular weight is 101 g/mol. The highest BCUT2D eigenvalue weighted by atomic mass is 32.1. The summed E-state index contributed by atoms with van der Waals surface area (Å²) in [6.45, 7) is 1.84. The van der Waals surface area contributed by atoms with Gasteiger partial charge < -0.3 is 0 Å². The molecule has 0 spiro atoms. The van der Waals surface area contributed by atoms with Gasteiger partial charge in [-0.05, 0) is 6.92 Å². The first-order valence-electron chi connectivity index (χ1n) is 1.81. The number of rotatable bonds is 1. The van der Waals surface area contributed by atoms with Crippen molar-refractivity contribution in [2.75, 3.05) is 5.75 Å². The van der Waals surface area contributed by atoms with Crippen LogP contribution in [0.1, 0.15) is 6.92 Å². The highest BCUT2D eigenvalue weighted by Crippen LogP contribution is 1.91. The predicted octanol–water partition coefficient (Wildman–Crippen LogP) is 1.08. The van der Waals surface area contributed by atoms with Gasteiger partial charge in [0.15, 0.2) is 0 Å². The van der Waals surface area contributed by atoms with Crippen LogP contribution in [0.5, 0.6) is 0 Å². The first-order chi connectivity index (χ1) is 2.81. The van der Waals surface area contributed by atoms with E-state index >= 15 is 0 Å². The summed E-state index contributed by atoms with van der Waals surface area (Å²) >= 11 is 3.87. The summed E-state index contributed by atoms with van der Waals surface area (Å²) in [5, 5.41) is 8.04. The summed E-state index contributed by atoms with van der Waals surface area (Å²) < 4.78 is 0. The summed E-state index contributed by atoms with van der Waals surface area (Å²) in [6.07, 6.45) is 0. The zero-order valence-electron chi connectivity index (χ0n) is 3.68. The second kappa shape index (κ2) is 3.05. The van der Waals surface area contributed by atoms with Gasteiger partial charge in [-0.3, -0.25) is 0 Å². The molecule has 0 saturated carbocycles. The Hall–Kier alpha value is -0.160. The molecule has 2 heteroatoms. The third-order valence-corrected chi connectivity index (χ3v) is 1.04. The van der Waals surface area contributed by atoms with Gasteiger partial charge in [0.2, 0.25) is 0 Å². The van der Waals surface area contributed by atoms with Crippen LogP contribution in [0, 0.1) is 17.2 Å². The lowest BCUT2D eigenvalue weighted by molar-refractivity contribution is 0.867. The number of hydrogen-bond donors (Lipinski definition) is 1. The Morgan fingerprint density at radius 2 is 2.50 bits per heavy atom. The molecule has 1 unspecified atom stereocenters. The molecule has 0 radical (unpaired) electrons. The molecule has 0 aliphatic heterocycles. The summed E-state index contributed by atoms with van der Waals surface area (Å²) in [7, 11) is 0. The lowest BCUT2D eigenvalue weighted by Gasteiger charge is -1.86. The quantitative estimate of drug-likeness (QED) is 0.491. The van der Waals surface area contributed by atoms with E-state index in [9.17, 15) is 0 Å². The maximum atomic E-state index is 8.04. The molecule has 0 aromatic heterocycles. The van der Waals surface area contributed by atoms with Crippen LogP contribution in [0.15, 0.2) is 0 Å². The van der Waals surface area contributed by atoms with E-state index in [2.05, 4.69) is 12.6 Å². The summed E-state index contributed by atoms with van der Waals surface area (Å²) in [6, 6.07) is 2.04. The molecule has 0 fully saturated rings. The molecule has 0 aromatic rings. The first kappa shape index (κ1) is 5.84. The van der Waals surface area contributed by atoms with Gasteiger partial charge in [-0.1, -0.05) is 0 Å². The standard InChI is InChI=1S/C4H7NS/c1-4(2-5)3-6/h4,6H,3H2,1H3. The fourth-order valence-electron chi connectivity index (χ4n) is 0.0408. The molecule has 0 N–H and O–H groups in total. The zero-order valence-corrected chi connectivity index (χ0v) is 4.57. The smallest absolute Gasteiger partial charge is 0.0661 e. The number of nitrogens with zero attached hydrogens (tertiary/aromatic N) is 1. The van der Waals surface area contributed by atoms with Crippen LogP contribution in [-0.4, -0.2) is 5.75 Å². The van der Waals surface area contributed by atoms with Crippen LogP contribution in [0.4, 0.5) is 0 Å². The van der Waals surface area contributed by atoms with E-state index in [1.165, 1.54) is 0 Å². The lowest BCUT2D eigenvalue weighted by Crippen LogP contribution is -1.87.